The van der Waals surface area contributed by atoms with Crippen molar-refractivity contribution in [1.29, 1.82) is 0 Å². The van der Waals surface area contributed by atoms with E-state index in [-0.39, 0.29) is 0 Å². The molecule has 0 unspecified atom stereocenters. The molecule has 0 saturated carbocycles. The zero-order chi connectivity index (χ0) is 17.8. The molecule has 1 aromatic carbocycles. The van der Waals surface area contributed by atoms with E-state index in [0.717, 1.165) is 16.9 Å². The average Bonchev–Trinajstić information content (AvgIpc) is 3.10. The minimum Gasteiger partial charge on any atom is -0.496 e. The number of methoxy groups -OCH3 is 1. The number of hydrogen-bond acceptors (Lipinski definition) is 5. The molecule has 0 radical (unpaired) electrons. The summed E-state index contributed by atoms with van der Waals surface area (Å²) in [6, 6.07) is 7.87. The van der Waals surface area contributed by atoms with Gasteiger partial charge in [0.05, 0.1) is 25.7 Å². The van der Waals surface area contributed by atoms with Gasteiger partial charge in [0.25, 0.3) is 0 Å². The van der Waals surface area contributed by atoms with Crippen molar-refractivity contribution in [1.82, 2.24) is 14.7 Å². The Labute approximate surface area is 146 Å². The quantitative estimate of drug-likeness (QED) is 0.818. The van der Waals surface area contributed by atoms with Crippen molar-refractivity contribution in [3.05, 3.63) is 47.8 Å². The first-order valence-electron chi connectivity index (χ1n) is 8.33. The maximum absolute atomic E-state index is 11.3. The van der Waals surface area contributed by atoms with Crippen molar-refractivity contribution in [2.45, 2.75) is 25.6 Å². The minimum atomic E-state index is -0.939. The zero-order valence-electron chi connectivity index (χ0n) is 14.2. The van der Waals surface area contributed by atoms with Crippen LogP contribution in [-0.4, -0.2) is 57.2 Å². The molecule has 134 valence electrons. The summed E-state index contributed by atoms with van der Waals surface area (Å²) in [4.78, 5) is 13.3. The van der Waals surface area contributed by atoms with Gasteiger partial charge in [-0.05, 0) is 30.2 Å². The Bertz CT molecular complexity index is 717. The second kappa shape index (κ2) is 7.67. The highest BCUT2D eigenvalue weighted by Gasteiger charge is 2.32. The van der Waals surface area contributed by atoms with Gasteiger partial charge in [-0.3, -0.25) is 14.4 Å². The predicted octanol–water partition coefficient (Wildman–Crippen LogP) is 1.21. The molecule has 1 aromatic heterocycles. The van der Waals surface area contributed by atoms with Crippen LogP contribution in [0.1, 0.15) is 17.5 Å². The maximum atomic E-state index is 11.3. The van der Waals surface area contributed by atoms with Crippen LogP contribution in [0.15, 0.2) is 36.7 Å². The SMILES string of the molecule is COc1ccc(CN2CC[C@@H](O)[C@H](C(=O)O)C2)cc1Cn1cccn1. The third kappa shape index (κ3) is 4.18. The van der Waals surface area contributed by atoms with E-state index in [4.69, 9.17) is 4.74 Å². The van der Waals surface area contributed by atoms with Crippen molar-refractivity contribution in [2.75, 3.05) is 20.2 Å². The first-order chi connectivity index (χ1) is 12.1. The van der Waals surface area contributed by atoms with E-state index in [1.54, 1.807) is 13.3 Å². The molecule has 2 atom stereocenters. The fourth-order valence-electron chi connectivity index (χ4n) is 3.27. The molecule has 3 rings (SSSR count). The fourth-order valence-corrected chi connectivity index (χ4v) is 3.27. The normalized spacial score (nSPS) is 21.2. The molecule has 1 saturated heterocycles. The minimum absolute atomic E-state index is 0.358. The molecule has 2 heterocycles. The monoisotopic (exact) mass is 345 g/mol. The van der Waals surface area contributed by atoms with Crippen molar-refractivity contribution < 1.29 is 19.7 Å². The number of aliphatic carboxylic acids is 1. The Morgan fingerprint density at radius 1 is 1.40 bits per heavy atom. The van der Waals surface area contributed by atoms with Crippen LogP contribution in [0, 0.1) is 5.92 Å². The number of hydrogen-bond donors (Lipinski definition) is 2. The molecule has 2 aromatic rings. The first-order valence-corrected chi connectivity index (χ1v) is 8.33. The molecule has 2 N–H and O–H groups in total. The summed E-state index contributed by atoms with van der Waals surface area (Å²) in [6.07, 6.45) is 3.35. The maximum Gasteiger partial charge on any atom is 0.310 e. The van der Waals surface area contributed by atoms with Crippen LogP contribution >= 0.6 is 0 Å². The zero-order valence-corrected chi connectivity index (χ0v) is 14.2. The lowest BCUT2D eigenvalue weighted by atomic mass is 9.94. The van der Waals surface area contributed by atoms with Crippen LogP contribution in [0.2, 0.25) is 0 Å². The lowest BCUT2D eigenvalue weighted by molar-refractivity contribution is -0.149. The smallest absolute Gasteiger partial charge is 0.310 e. The highest BCUT2D eigenvalue weighted by atomic mass is 16.5. The van der Waals surface area contributed by atoms with E-state index < -0.39 is 18.0 Å². The van der Waals surface area contributed by atoms with Gasteiger partial charge in [0.1, 0.15) is 5.75 Å². The van der Waals surface area contributed by atoms with E-state index in [1.807, 2.05) is 29.1 Å². The van der Waals surface area contributed by atoms with E-state index in [9.17, 15) is 15.0 Å². The molecule has 0 spiro atoms. The van der Waals surface area contributed by atoms with Crippen LogP contribution in [0.5, 0.6) is 5.75 Å². The summed E-state index contributed by atoms with van der Waals surface area (Å²) in [5.41, 5.74) is 2.11. The fraction of sp³-hybridized carbons (Fsp3) is 0.444. The van der Waals surface area contributed by atoms with Crippen molar-refractivity contribution in [3.63, 3.8) is 0 Å². The van der Waals surface area contributed by atoms with E-state index in [0.29, 0.717) is 32.6 Å². The summed E-state index contributed by atoms with van der Waals surface area (Å²) in [5, 5.41) is 23.3. The Morgan fingerprint density at radius 3 is 2.92 bits per heavy atom. The molecule has 7 nitrogen and oxygen atoms in total. The number of aliphatic hydroxyl groups excluding tert-OH is 1. The number of carboxylic acid groups (broad SMARTS) is 1. The topological polar surface area (TPSA) is 87.8 Å². The Balaban J connectivity index is 1.73. The molecule has 1 aliphatic heterocycles. The predicted molar refractivity (Wildman–Crippen MR) is 91.3 cm³/mol. The van der Waals surface area contributed by atoms with Crippen molar-refractivity contribution in [3.8, 4) is 5.75 Å². The lowest BCUT2D eigenvalue weighted by Crippen LogP contribution is -2.46. The second-order valence-corrected chi connectivity index (χ2v) is 6.39. The summed E-state index contributed by atoms with van der Waals surface area (Å²) >= 11 is 0. The number of aromatic nitrogens is 2. The van der Waals surface area contributed by atoms with Crippen LogP contribution < -0.4 is 4.74 Å². The number of piperidine rings is 1. The van der Waals surface area contributed by atoms with Gasteiger partial charge in [0.2, 0.25) is 0 Å². The standard InChI is InChI=1S/C18H23N3O4/c1-25-17-4-3-13(9-14(17)11-21-7-2-6-19-21)10-20-8-5-16(22)15(12-20)18(23)24/h2-4,6-7,9,15-16,22H,5,8,10-12H2,1H3,(H,23,24)/t15-,16-/m1/s1. The molecular formula is C18H23N3O4. The number of benzene rings is 1. The lowest BCUT2D eigenvalue weighted by Gasteiger charge is -2.34. The third-order valence-corrected chi connectivity index (χ3v) is 4.62. The van der Waals surface area contributed by atoms with E-state index in [1.165, 1.54) is 0 Å². The summed E-state index contributed by atoms with van der Waals surface area (Å²) < 4.78 is 7.27. The number of likely N-dealkylation sites (tertiary alicyclic amines) is 1. The van der Waals surface area contributed by atoms with Gasteiger partial charge < -0.3 is 14.9 Å². The molecule has 1 aliphatic rings. The highest BCUT2D eigenvalue weighted by Crippen LogP contribution is 2.24. The highest BCUT2D eigenvalue weighted by molar-refractivity contribution is 5.71. The number of nitrogens with zero attached hydrogens (tertiary/aromatic N) is 3. The second-order valence-electron chi connectivity index (χ2n) is 6.39. The molecule has 25 heavy (non-hydrogen) atoms. The molecular weight excluding hydrogens is 322 g/mol. The van der Waals surface area contributed by atoms with Gasteiger partial charge in [-0.2, -0.15) is 5.10 Å². The van der Waals surface area contributed by atoms with Gasteiger partial charge in [-0.15, -0.1) is 0 Å². The summed E-state index contributed by atoms with van der Waals surface area (Å²) in [7, 11) is 1.64. The Kier molecular flexibility index (Phi) is 5.35. The van der Waals surface area contributed by atoms with Crippen molar-refractivity contribution >= 4 is 5.97 Å². The number of aliphatic hydroxyl groups is 1. The molecule has 0 amide bonds. The first kappa shape index (κ1) is 17.4. The molecule has 1 fully saturated rings. The molecule has 7 heteroatoms. The Hall–Kier alpha value is -2.38. The number of carboxylic acids is 1. The number of carbonyl (C=O) groups is 1. The van der Waals surface area contributed by atoms with Gasteiger partial charge in [0, 0.05) is 37.6 Å². The number of ether oxygens (including phenoxy) is 1. The van der Waals surface area contributed by atoms with Gasteiger partial charge in [0.15, 0.2) is 0 Å². The number of rotatable bonds is 6. The largest absolute Gasteiger partial charge is 0.496 e. The van der Waals surface area contributed by atoms with Crippen LogP contribution in [-0.2, 0) is 17.9 Å². The summed E-state index contributed by atoms with van der Waals surface area (Å²) in [6.45, 7) is 2.30. The van der Waals surface area contributed by atoms with Crippen LogP contribution in [0.3, 0.4) is 0 Å². The van der Waals surface area contributed by atoms with Crippen LogP contribution in [0.4, 0.5) is 0 Å². The third-order valence-electron chi connectivity index (χ3n) is 4.62. The average molecular weight is 345 g/mol. The van der Waals surface area contributed by atoms with E-state index in [2.05, 4.69) is 16.1 Å². The van der Waals surface area contributed by atoms with Gasteiger partial charge >= 0.3 is 5.97 Å². The Morgan fingerprint density at radius 2 is 2.24 bits per heavy atom. The van der Waals surface area contributed by atoms with Gasteiger partial charge in [-0.1, -0.05) is 6.07 Å². The molecule has 0 aliphatic carbocycles. The summed E-state index contributed by atoms with van der Waals surface area (Å²) in [5.74, 6) is -0.862. The van der Waals surface area contributed by atoms with Gasteiger partial charge in [-0.25, -0.2) is 0 Å². The van der Waals surface area contributed by atoms with Crippen LogP contribution in [0.25, 0.3) is 0 Å². The van der Waals surface area contributed by atoms with Crippen molar-refractivity contribution in [2.24, 2.45) is 5.92 Å². The molecule has 0 bridgehead atoms. The van der Waals surface area contributed by atoms with E-state index >= 15 is 0 Å².